The Balaban J connectivity index is 2.33. The Morgan fingerprint density at radius 3 is 2.58 bits per heavy atom. The van der Waals surface area contributed by atoms with E-state index in [1.165, 1.54) is 22.5 Å². The molecule has 0 amide bonds. The number of alkyl halides is 1. The molecule has 0 saturated heterocycles. The van der Waals surface area contributed by atoms with Crippen molar-refractivity contribution >= 4 is 26.0 Å². The summed E-state index contributed by atoms with van der Waals surface area (Å²) in [5.41, 5.74) is 0. The van der Waals surface area contributed by atoms with E-state index in [4.69, 9.17) is 0 Å². The van der Waals surface area contributed by atoms with Gasteiger partial charge in [0.2, 0.25) is 10.0 Å². The first kappa shape index (κ1) is 14.9. The van der Waals surface area contributed by atoms with Gasteiger partial charge in [-0.2, -0.15) is 4.31 Å². The maximum absolute atomic E-state index is 13.2. The predicted molar refractivity (Wildman–Crippen MR) is 76.3 cm³/mol. The molecule has 1 aromatic carbocycles. The van der Waals surface area contributed by atoms with Crippen LogP contribution in [-0.2, 0) is 10.0 Å². The first-order valence-corrected chi connectivity index (χ1v) is 8.95. The van der Waals surface area contributed by atoms with Crippen LogP contribution in [0.15, 0.2) is 29.2 Å². The molecule has 1 aliphatic rings. The van der Waals surface area contributed by atoms with Crippen molar-refractivity contribution in [2.75, 3.05) is 11.9 Å². The Morgan fingerprint density at radius 2 is 2.00 bits per heavy atom. The zero-order valence-electron chi connectivity index (χ0n) is 10.6. The van der Waals surface area contributed by atoms with Gasteiger partial charge in [0.15, 0.2) is 0 Å². The molecule has 1 saturated carbocycles. The van der Waals surface area contributed by atoms with Gasteiger partial charge < -0.3 is 0 Å². The molecule has 106 valence electrons. The molecule has 0 unspecified atom stereocenters. The molecule has 19 heavy (non-hydrogen) atoms. The first-order valence-electron chi connectivity index (χ1n) is 6.39. The molecule has 0 atom stereocenters. The smallest absolute Gasteiger partial charge is 0.207 e. The van der Waals surface area contributed by atoms with Crippen LogP contribution >= 0.6 is 15.9 Å². The second-order valence-electron chi connectivity index (χ2n) is 4.70. The standard InChI is InChI=1S/C13H17BrFNO2S/c14-8-9-16(12-5-1-2-6-12)19(17,18)13-7-3-4-11(15)10-13/h3-4,7,10,12H,1-2,5-6,8-9H2. The van der Waals surface area contributed by atoms with Gasteiger partial charge in [0.25, 0.3) is 0 Å². The average molecular weight is 350 g/mol. The van der Waals surface area contributed by atoms with Crippen molar-refractivity contribution in [1.29, 1.82) is 0 Å². The van der Waals surface area contributed by atoms with Crippen LogP contribution in [0.1, 0.15) is 25.7 Å². The van der Waals surface area contributed by atoms with E-state index in [0.29, 0.717) is 11.9 Å². The Labute approximate surface area is 122 Å². The maximum Gasteiger partial charge on any atom is 0.243 e. The Bertz CT molecular complexity index is 529. The molecule has 0 radical (unpaired) electrons. The number of halogens is 2. The minimum absolute atomic E-state index is 0.0420. The fourth-order valence-electron chi connectivity index (χ4n) is 2.54. The van der Waals surface area contributed by atoms with Crippen LogP contribution in [0.4, 0.5) is 4.39 Å². The first-order chi connectivity index (χ1) is 9.05. The molecule has 0 aromatic heterocycles. The minimum atomic E-state index is -3.61. The van der Waals surface area contributed by atoms with Crippen molar-refractivity contribution in [3.63, 3.8) is 0 Å². The van der Waals surface area contributed by atoms with Crippen molar-refractivity contribution in [3.05, 3.63) is 30.1 Å². The zero-order chi connectivity index (χ0) is 13.9. The summed E-state index contributed by atoms with van der Waals surface area (Å²) in [5, 5.41) is 0.581. The van der Waals surface area contributed by atoms with Gasteiger partial charge in [-0.05, 0) is 31.0 Å². The quantitative estimate of drug-likeness (QED) is 0.765. The summed E-state index contributed by atoms with van der Waals surface area (Å²) in [7, 11) is -3.61. The average Bonchev–Trinajstić information content (AvgIpc) is 2.89. The van der Waals surface area contributed by atoms with Crippen LogP contribution in [0.3, 0.4) is 0 Å². The van der Waals surface area contributed by atoms with Crippen LogP contribution in [0, 0.1) is 5.82 Å². The third-order valence-electron chi connectivity index (χ3n) is 3.44. The second kappa shape index (κ2) is 6.33. The van der Waals surface area contributed by atoms with E-state index in [0.717, 1.165) is 31.7 Å². The van der Waals surface area contributed by atoms with Crippen LogP contribution in [0.2, 0.25) is 0 Å². The molecule has 2 rings (SSSR count). The van der Waals surface area contributed by atoms with Crippen molar-refractivity contribution in [2.24, 2.45) is 0 Å². The van der Waals surface area contributed by atoms with Gasteiger partial charge >= 0.3 is 0 Å². The molecular formula is C13H17BrFNO2S. The predicted octanol–water partition coefficient (Wildman–Crippen LogP) is 3.15. The summed E-state index contributed by atoms with van der Waals surface area (Å²) < 4.78 is 39.9. The van der Waals surface area contributed by atoms with Gasteiger partial charge in [0.1, 0.15) is 5.82 Å². The minimum Gasteiger partial charge on any atom is -0.207 e. The zero-order valence-corrected chi connectivity index (χ0v) is 13.0. The Morgan fingerprint density at radius 1 is 1.32 bits per heavy atom. The van der Waals surface area contributed by atoms with E-state index in [1.54, 1.807) is 0 Å². The maximum atomic E-state index is 13.2. The molecule has 0 heterocycles. The summed E-state index contributed by atoms with van der Waals surface area (Å²) in [6, 6.07) is 5.28. The summed E-state index contributed by atoms with van der Waals surface area (Å²) in [4.78, 5) is 0.0420. The van der Waals surface area contributed by atoms with Crippen LogP contribution in [0.25, 0.3) is 0 Å². The molecule has 0 N–H and O–H groups in total. The molecule has 6 heteroatoms. The molecule has 0 aliphatic heterocycles. The van der Waals surface area contributed by atoms with E-state index >= 15 is 0 Å². The Hall–Kier alpha value is -0.460. The SMILES string of the molecule is O=S(=O)(c1cccc(F)c1)N(CCBr)C1CCCC1. The van der Waals surface area contributed by atoms with Gasteiger partial charge in [0.05, 0.1) is 4.90 Å². The number of rotatable bonds is 5. The van der Waals surface area contributed by atoms with Gasteiger partial charge in [-0.1, -0.05) is 34.8 Å². The number of hydrogen-bond acceptors (Lipinski definition) is 2. The van der Waals surface area contributed by atoms with Crippen molar-refractivity contribution in [1.82, 2.24) is 4.31 Å². The van der Waals surface area contributed by atoms with Crippen molar-refractivity contribution in [2.45, 2.75) is 36.6 Å². The molecule has 1 aliphatic carbocycles. The van der Waals surface area contributed by atoms with E-state index in [-0.39, 0.29) is 10.9 Å². The molecule has 1 fully saturated rings. The lowest BCUT2D eigenvalue weighted by atomic mass is 10.2. The highest BCUT2D eigenvalue weighted by Gasteiger charge is 2.32. The molecule has 3 nitrogen and oxygen atoms in total. The summed E-state index contributed by atoms with van der Waals surface area (Å²) >= 11 is 3.30. The van der Waals surface area contributed by atoms with Gasteiger partial charge in [-0.15, -0.1) is 0 Å². The fraction of sp³-hybridized carbons (Fsp3) is 0.538. The van der Waals surface area contributed by atoms with Crippen LogP contribution in [-0.4, -0.2) is 30.6 Å². The normalized spacial score (nSPS) is 17.2. The van der Waals surface area contributed by atoms with E-state index in [2.05, 4.69) is 15.9 Å². The largest absolute Gasteiger partial charge is 0.243 e. The number of nitrogens with zero attached hydrogens (tertiary/aromatic N) is 1. The second-order valence-corrected chi connectivity index (χ2v) is 7.38. The lowest BCUT2D eigenvalue weighted by Gasteiger charge is -2.27. The number of hydrogen-bond donors (Lipinski definition) is 0. The highest BCUT2D eigenvalue weighted by molar-refractivity contribution is 9.09. The summed E-state index contributed by atoms with van der Waals surface area (Å²) in [6.45, 7) is 0.420. The molecule has 1 aromatic rings. The van der Waals surface area contributed by atoms with Gasteiger partial charge in [-0.3, -0.25) is 0 Å². The van der Waals surface area contributed by atoms with Crippen LogP contribution < -0.4 is 0 Å². The van der Waals surface area contributed by atoms with Crippen molar-refractivity contribution in [3.8, 4) is 0 Å². The van der Waals surface area contributed by atoms with E-state index in [1.807, 2.05) is 0 Å². The highest BCUT2D eigenvalue weighted by atomic mass is 79.9. The third-order valence-corrected chi connectivity index (χ3v) is 5.74. The lowest BCUT2D eigenvalue weighted by Crippen LogP contribution is -2.40. The molecule has 0 bridgehead atoms. The third kappa shape index (κ3) is 3.35. The Kier molecular flexibility index (Phi) is 4.97. The monoisotopic (exact) mass is 349 g/mol. The van der Waals surface area contributed by atoms with Crippen LogP contribution in [0.5, 0.6) is 0 Å². The van der Waals surface area contributed by atoms with Gasteiger partial charge in [0, 0.05) is 17.9 Å². The fourth-order valence-corrected chi connectivity index (χ4v) is 4.87. The highest BCUT2D eigenvalue weighted by Crippen LogP contribution is 2.28. The lowest BCUT2D eigenvalue weighted by molar-refractivity contribution is 0.338. The van der Waals surface area contributed by atoms with E-state index in [9.17, 15) is 12.8 Å². The summed E-state index contributed by atoms with van der Waals surface area (Å²) in [6.07, 6.45) is 3.90. The molecular weight excluding hydrogens is 333 g/mol. The molecule has 0 spiro atoms. The number of benzene rings is 1. The van der Waals surface area contributed by atoms with E-state index < -0.39 is 15.8 Å². The summed E-state index contributed by atoms with van der Waals surface area (Å²) in [5.74, 6) is -0.522. The van der Waals surface area contributed by atoms with Crippen molar-refractivity contribution < 1.29 is 12.8 Å². The topological polar surface area (TPSA) is 37.4 Å². The van der Waals surface area contributed by atoms with Gasteiger partial charge in [-0.25, -0.2) is 12.8 Å². The number of sulfonamides is 1.